The highest BCUT2D eigenvalue weighted by Gasteiger charge is 2.54. The summed E-state index contributed by atoms with van der Waals surface area (Å²) in [6, 6.07) is 6.08. The summed E-state index contributed by atoms with van der Waals surface area (Å²) in [5, 5.41) is 22.2. The molecule has 278 valence electrons. The van der Waals surface area contributed by atoms with Gasteiger partial charge in [0.05, 0.1) is 45.2 Å². The van der Waals surface area contributed by atoms with Crippen molar-refractivity contribution in [2.24, 2.45) is 5.41 Å². The molecule has 2 N–H and O–H groups in total. The van der Waals surface area contributed by atoms with Crippen LogP contribution in [-0.4, -0.2) is 107 Å². The Morgan fingerprint density at radius 1 is 1.06 bits per heavy atom. The fraction of sp³-hybridized carbons (Fsp3) is 0.525. The molecule has 5 aliphatic rings. The summed E-state index contributed by atoms with van der Waals surface area (Å²) in [5.74, 6) is 1.09. The Morgan fingerprint density at radius 2 is 1.91 bits per heavy atom. The van der Waals surface area contributed by atoms with Crippen molar-refractivity contribution in [2.75, 3.05) is 58.1 Å². The van der Waals surface area contributed by atoms with Crippen molar-refractivity contribution < 1.29 is 37.9 Å². The number of aliphatic hydroxyl groups is 1. The van der Waals surface area contributed by atoms with E-state index in [2.05, 4.69) is 15.8 Å². The molecular formula is C40H43F2N5O6. The second kappa shape index (κ2) is 13.2. The molecule has 5 fully saturated rings. The molecule has 11 nitrogen and oxygen atoms in total. The first-order valence-corrected chi connectivity index (χ1v) is 18.6. The van der Waals surface area contributed by atoms with Gasteiger partial charge in [0.1, 0.15) is 39.6 Å². The third-order valence-corrected chi connectivity index (χ3v) is 12.3. The number of aromatic hydroxyl groups is 1. The standard InChI is InChI=1S/C40H43F2N5O6/c1-3-27-29(41)10-9-23-15-26(49)16-28(31(23)27)34-33(42)35-32(37(43-34)50-2)36(46-13-5-7-25(48)18-46)45-38(44-35)52-20-39-11-4-8-30(39)47(14-6-12-39)24-17-40(53-19-24)21-51-22-40/h1,9-10,15-16,24-25,30,48-49H,4-8,11-14,17-22H2,2H3. The molecular weight excluding hydrogens is 684 g/mol. The number of aliphatic hydroxyl groups excluding tert-OH is 1. The number of β-amino-alcohol motifs (C(OH)–C–C–N with tert-alkyl or cyclic N) is 1. The first kappa shape index (κ1) is 34.4. The lowest BCUT2D eigenvalue weighted by atomic mass is 9.74. The number of piperidine rings is 2. The Balaban J connectivity index is 1.14. The first-order valence-electron chi connectivity index (χ1n) is 18.6. The number of rotatable bonds is 7. The molecule has 0 bridgehead atoms. The smallest absolute Gasteiger partial charge is 0.319 e. The highest BCUT2D eigenvalue weighted by atomic mass is 19.1. The molecule has 4 saturated heterocycles. The number of methoxy groups -OCH3 is 1. The van der Waals surface area contributed by atoms with Crippen LogP contribution in [0.4, 0.5) is 14.6 Å². The van der Waals surface area contributed by atoms with Gasteiger partial charge in [-0.05, 0) is 75.1 Å². The maximum atomic E-state index is 17.2. The fourth-order valence-corrected chi connectivity index (χ4v) is 9.77. The molecule has 13 heteroatoms. The van der Waals surface area contributed by atoms with Gasteiger partial charge in [0.2, 0.25) is 5.88 Å². The molecule has 2 aromatic heterocycles. The highest BCUT2D eigenvalue weighted by molar-refractivity contribution is 6.04. The lowest BCUT2D eigenvalue weighted by Crippen LogP contribution is -2.56. The third-order valence-electron chi connectivity index (χ3n) is 12.3. The monoisotopic (exact) mass is 727 g/mol. The van der Waals surface area contributed by atoms with E-state index in [9.17, 15) is 10.2 Å². The molecule has 2 aromatic carbocycles. The number of terminal acetylenes is 1. The lowest BCUT2D eigenvalue weighted by molar-refractivity contribution is -0.184. The van der Waals surface area contributed by atoms with Crippen LogP contribution in [0.3, 0.4) is 0 Å². The lowest BCUT2D eigenvalue weighted by Gasteiger charge is -2.48. The Morgan fingerprint density at radius 3 is 2.66 bits per heavy atom. The minimum Gasteiger partial charge on any atom is -0.508 e. The number of nitrogens with zero attached hydrogens (tertiary/aromatic N) is 5. The number of aromatic nitrogens is 3. The summed E-state index contributed by atoms with van der Waals surface area (Å²) in [7, 11) is 1.42. The van der Waals surface area contributed by atoms with Gasteiger partial charge in [-0.2, -0.15) is 9.97 Å². The Hall–Kier alpha value is -4.35. The van der Waals surface area contributed by atoms with Gasteiger partial charge in [0, 0.05) is 41.5 Å². The van der Waals surface area contributed by atoms with E-state index in [4.69, 9.17) is 35.3 Å². The van der Waals surface area contributed by atoms with Gasteiger partial charge < -0.3 is 34.1 Å². The molecule has 9 rings (SSSR count). The summed E-state index contributed by atoms with van der Waals surface area (Å²) >= 11 is 0. The number of phenolic OH excluding ortho intramolecular Hbond substituents is 1. The maximum absolute atomic E-state index is 17.2. The van der Waals surface area contributed by atoms with E-state index < -0.39 is 17.7 Å². The van der Waals surface area contributed by atoms with Crippen LogP contribution in [0.25, 0.3) is 32.9 Å². The predicted molar refractivity (Wildman–Crippen MR) is 193 cm³/mol. The number of halogens is 2. The van der Waals surface area contributed by atoms with Crippen molar-refractivity contribution in [1.82, 2.24) is 19.9 Å². The van der Waals surface area contributed by atoms with Crippen LogP contribution >= 0.6 is 0 Å². The van der Waals surface area contributed by atoms with Crippen LogP contribution in [0.2, 0.25) is 0 Å². The van der Waals surface area contributed by atoms with Crippen LogP contribution in [0, 0.1) is 29.4 Å². The molecule has 4 atom stereocenters. The Labute approximate surface area is 306 Å². The fourth-order valence-electron chi connectivity index (χ4n) is 9.77. The number of likely N-dealkylation sites (tertiary alicyclic amines) is 1. The van der Waals surface area contributed by atoms with E-state index in [0.29, 0.717) is 69.1 Å². The number of ether oxygens (including phenoxy) is 4. The zero-order chi connectivity index (χ0) is 36.5. The summed E-state index contributed by atoms with van der Waals surface area (Å²) in [4.78, 5) is 18.7. The summed E-state index contributed by atoms with van der Waals surface area (Å²) in [6.45, 7) is 4.24. The third kappa shape index (κ3) is 5.73. The quantitative estimate of drug-likeness (QED) is 0.240. The van der Waals surface area contributed by atoms with Gasteiger partial charge in [-0.25, -0.2) is 13.8 Å². The molecule has 4 unspecified atom stereocenters. The SMILES string of the molecule is C#Cc1c(F)ccc2cc(O)cc(-c3nc(OC)c4c(N5CCCC(O)C5)nc(OCC56CCCC5N(C5COC7(COC7)C5)CCC6)nc4c3F)c12. The molecule has 4 aromatic rings. The number of hydrogen-bond acceptors (Lipinski definition) is 11. The number of fused-ring (bicyclic) bond motifs is 3. The molecule has 1 saturated carbocycles. The van der Waals surface area contributed by atoms with Crippen LogP contribution in [-0.2, 0) is 9.47 Å². The number of anilines is 1. The number of phenols is 1. The van der Waals surface area contributed by atoms with E-state index in [0.717, 1.165) is 45.1 Å². The minimum atomic E-state index is -0.832. The molecule has 0 amide bonds. The zero-order valence-corrected chi connectivity index (χ0v) is 29.7. The van der Waals surface area contributed by atoms with Crippen LogP contribution < -0.4 is 14.4 Å². The van der Waals surface area contributed by atoms with Gasteiger partial charge in [-0.15, -0.1) is 6.42 Å². The Bertz CT molecular complexity index is 2140. The number of benzene rings is 2. The summed E-state index contributed by atoms with van der Waals surface area (Å²) in [5.41, 5.74) is -0.597. The zero-order valence-electron chi connectivity index (χ0n) is 29.7. The second-order valence-electron chi connectivity index (χ2n) is 15.5. The topological polar surface area (TPSA) is 123 Å². The molecule has 4 aliphatic heterocycles. The normalized spacial score (nSPS) is 26.8. The van der Waals surface area contributed by atoms with Gasteiger partial charge in [-0.3, -0.25) is 4.90 Å². The Kier molecular flexibility index (Phi) is 8.57. The number of hydrogen-bond donors (Lipinski definition) is 2. The number of pyridine rings is 1. The van der Waals surface area contributed by atoms with Crippen LogP contribution in [0.5, 0.6) is 17.6 Å². The second-order valence-corrected chi connectivity index (χ2v) is 15.5. The van der Waals surface area contributed by atoms with Crippen molar-refractivity contribution in [3.05, 3.63) is 41.5 Å². The van der Waals surface area contributed by atoms with Crippen LogP contribution in [0.1, 0.15) is 56.9 Å². The molecule has 0 radical (unpaired) electrons. The van der Waals surface area contributed by atoms with Gasteiger partial charge in [0.15, 0.2) is 5.82 Å². The molecule has 1 aliphatic carbocycles. The van der Waals surface area contributed by atoms with E-state index in [1.54, 1.807) is 0 Å². The van der Waals surface area contributed by atoms with Crippen molar-refractivity contribution in [1.29, 1.82) is 0 Å². The molecule has 1 spiro atoms. The van der Waals surface area contributed by atoms with Crippen LogP contribution in [0.15, 0.2) is 24.3 Å². The van der Waals surface area contributed by atoms with E-state index in [-0.39, 0.29) is 68.3 Å². The minimum absolute atomic E-state index is 0.00806. The summed E-state index contributed by atoms with van der Waals surface area (Å²) in [6.07, 6.45) is 12.6. The van der Waals surface area contributed by atoms with E-state index >= 15 is 8.78 Å². The largest absolute Gasteiger partial charge is 0.508 e. The van der Waals surface area contributed by atoms with Crippen molar-refractivity contribution >= 4 is 27.5 Å². The average molecular weight is 728 g/mol. The van der Waals surface area contributed by atoms with Crippen molar-refractivity contribution in [3.63, 3.8) is 0 Å². The van der Waals surface area contributed by atoms with Gasteiger partial charge >= 0.3 is 6.01 Å². The highest BCUT2D eigenvalue weighted by Crippen LogP contribution is 2.50. The predicted octanol–water partition coefficient (Wildman–Crippen LogP) is 5.35. The summed E-state index contributed by atoms with van der Waals surface area (Å²) < 4.78 is 56.4. The van der Waals surface area contributed by atoms with Crippen molar-refractivity contribution in [2.45, 2.75) is 75.2 Å². The van der Waals surface area contributed by atoms with Crippen molar-refractivity contribution in [3.8, 4) is 41.2 Å². The van der Waals surface area contributed by atoms with Gasteiger partial charge in [0.25, 0.3) is 0 Å². The maximum Gasteiger partial charge on any atom is 0.319 e. The van der Waals surface area contributed by atoms with Gasteiger partial charge in [-0.1, -0.05) is 18.4 Å². The van der Waals surface area contributed by atoms with E-state index in [1.807, 2.05) is 4.90 Å². The molecule has 6 heterocycles. The first-order chi connectivity index (χ1) is 25.7. The average Bonchev–Trinajstić information content (AvgIpc) is 3.80. The van der Waals surface area contributed by atoms with E-state index in [1.165, 1.54) is 31.4 Å². The molecule has 53 heavy (non-hydrogen) atoms.